The average Bonchev–Trinajstić information content (AvgIpc) is 2.82. The molecule has 3 aromatic carbocycles. The van der Waals surface area contributed by atoms with E-state index in [2.05, 4.69) is 10.3 Å². The van der Waals surface area contributed by atoms with Gasteiger partial charge in [0.1, 0.15) is 0 Å². The number of para-hydroxylation sites is 3. The maximum absolute atomic E-state index is 13.4. The van der Waals surface area contributed by atoms with E-state index in [1.807, 2.05) is 25.1 Å². The van der Waals surface area contributed by atoms with Crippen molar-refractivity contribution < 1.29 is 18.0 Å². The molecule has 0 unspecified atom stereocenters. The number of nitrogens with zero attached hydrogens (tertiary/aromatic N) is 2. The largest absolute Gasteiger partial charge is 0.418 e. The van der Waals surface area contributed by atoms with Crippen LogP contribution in [-0.4, -0.2) is 21.2 Å². The Hall–Kier alpha value is -3.59. The van der Waals surface area contributed by atoms with Crippen LogP contribution in [0.25, 0.3) is 16.6 Å². The Morgan fingerprint density at radius 3 is 2.44 bits per heavy atom. The van der Waals surface area contributed by atoms with Gasteiger partial charge in [-0.2, -0.15) is 13.2 Å². The molecule has 0 aliphatic carbocycles. The zero-order valence-electron chi connectivity index (χ0n) is 18.1. The summed E-state index contributed by atoms with van der Waals surface area (Å²) in [4.78, 5) is 30.6. The van der Waals surface area contributed by atoms with Gasteiger partial charge in [-0.15, -0.1) is 0 Å². The third-order valence-corrected chi connectivity index (χ3v) is 6.14. The molecule has 5 nitrogen and oxygen atoms in total. The molecule has 4 rings (SSSR count). The number of amides is 1. The van der Waals surface area contributed by atoms with E-state index in [0.29, 0.717) is 23.0 Å². The summed E-state index contributed by atoms with van der Waals surface area (Å²) >= 11 is 0.989. The van der Waals surface area contributed by atoms with Crippen molar-refractivity contribution in [3.8, 4) is 5.69 Å². The molecule has 0 saturated heterocycles. The number of benzene rings is 3. The lowest BCUT2D eigenvalue weighted by atomic mass is 10.1. The molecule has 0 saturated carbocycles. The van der Waals surface area contributed by atoms with Crippen LogP contribution in [0.15, 0.2) is 82.7 Å². The standard InChI is InChI=1S/C25H20F3N3O2S/c1-2-16-9-3-8-14-21(16)31-23(33)17-10-4-6-12-19(17)30-24(31)34-15-22(32)29-20-13-7-5-11-18(20)25(26,27)28/h3-14H,2,15H2,1H3,(H,29,32). The van der Waals surface area contributed by atoms with Gasteiger partial charge in [-0.05, 0) is 42.3 Å². The van der Waals surface area contributed by atoms with Crippen LogP contribution in [-0.2, 0) is 17.4 Å². The highest BCUT2D eigenvalue weighted by Gasteiger charge is 2.33. The van der Waals surface area contributed by atoms with Gasteiger partial charge >= 0.3 is 6.18 Å². The summed E-state index contributed by atoms with van der Waals surface area (Å²) in [7, 11) is 0. The molecule has 1 aromatic heterocycles. The van der Waals surface area contributed by atoms with E-state index in [1.165, 1.54) is 22.8 Å². The molecule has 34 heavy (non-hydrogen) atoms. The number of rotatable bonds is 6. The highest BCUT2D eigenvalue weighted by molar-refractivity contribution is 7.99. The fourth-order valence-corrected chi connectivity index (χ4v) is 4.41. The molecule has 1 amide bonds. The van der Waals surface area contributed by atoms with Crippen molar-refractivity contribution in [2.24, 2.45) is 0 Å². The van der Waals surface area contributed by atoms with Crippen LogP contribution in [0.1, 0.15) is 18.1 Å². The molecule has 4 aromatic rings. The molecular formula is C25H20F3N3O2S. The van der Waals surface area contributed by atoms with Gasteiger partial charge in [0.2, 0.25) is 5.91 Å². The number of halogens is 3. The number of aromatic nitrogens is 2. The molecule has 0 aliphatic heterocycles. The van der Waals surface area contributed by atoms with Crippen molar-refractivity contribution >= 4 is 34.3 Å². The number of aryl methyl sites for hydroxylation is 1. The zero-order chi connectivity index (χ0) is 24.3. The fourth-order valence-electron chi connectivity index (χ4n) is 3.61. The molecule has 174 valence electrons. The van der Waals surface area contributed by atoms with E-state index in [4.69, 9.17) is 0 Å². The predicted molar refractivity (Wildman–Crippen MR) is 128 cm³/mol. The summed E-state index contributed by atoms with van der Waals surface area (Å²) in [6.45, 7) is 1.97. The number of fused-ring (bicyclic) bond motifs is 1. The van der Waals surface area contributed by atoms with E-state index in [1.54, 1.807) is 30.3 Å². The number of alkyl halides is 3. The lowest BCUT2D eigenvalue weighted by Gasteiger charge is -2.16. The second-order valence-corrected chi connectivity index (χ2v) is 8.36. The first-order valence-corrected chi connectivity index (χ1v) is 11.5. The molecule has 1 N–H and O–H groups in total. The molecule has 1 heterocycles. The van der Waals surface area contributed by atoms with Gasteiger partial charge in [-0.3, -0.25) is 14.2 Å². The van der Waals surface area contributed by atoms with Gasteiger partial charge in [0.05, 0.1) is 33.6 Å². The number of carbonyl (C=O) groups is 1. The number of nitrogens with one attached hydrogen (secondary N) is 1. The first-order valence-electron chi connectivity index (χ1n) is 10.5. The average molecular weight is 484 g/mol. The van der Waals surface area contributed by atoms with Crippen LogP contribution < -0.4 is 10.9 Å². The van der Waals surface area contributed by atoms with E-state index in [9.17, 15) is 22.8 Å². The maximum Gasteiger partial charge on any atom is 0.418 e. The van der Waals surface area contributed by atoms with Crippen molar-refractivity contribution in [2.45, 2.75) is 24.7 Å². The van der Waals surface area contributed by atoms with Crippen LogP contribution in [0.4, 0.5) is 18.9 Å². The number of anilines is 1. The minimum atomic E-state index is -4.60. The SMILES string of the molecule is CCc1ccccc1-n1c(SCC(=O)Nc2ccccc2C(F)(F)F)nc2ccccc2c1=O. The lowest BCUT2D eigenvalue weighted by Crippen LogP contribution is -2.24. The lowest BCUT2D eigenvalue weighted by molar-refractivity contribution is -0.137. The van der Waals surface area contributed by atoms with Crippen LogP contribution in [0.5, 0.6) is 0 Å². The molecule has 0 aliphatic rings. The van der Waals surface area contributed by atoms with Crippen molar-refractivity contribution in [3.05, 3.63) is 94.3 Å². The van der Waals surface area contributed by atoms with Crippen molar-refractivity contribution in [2.75, 3.05) is 11.1 Å². The molecule has 9 heteroatoms. The zero-order valence-corrected chi connectivity index (χ0v) is 18.9. The van der Waals surface area contributed by atoms with E-state index < -0.39 is 17.6 Å². The second kappa shape index (κ2) is 9.72. The summed E-state index contributed by atoms with van der Waals surface area (Å²) in [6, 6.07) is 19.1. The highest BCUT2D eigenvalue weighted by Crippen LogP contribution is 2.34. The summed E-state index contributed by atoms with van der Waals surface area (Å²) < 4.78 is 41.2. The topological polar surface area (TPSA) is 64.0 Å². The molecule has 0 atom stereocenters. The second-order valence-electron chi connectivity index (χ2n) is 7.41. The summed E-state index contributed by atoms with van der Waals surface area (Å²) in [5.41, 5.74) is 0.525. The monoisotopic (exact) mass is 483 g/mol. The quantitative estimate of drug-likeness (QED) is 0.282. The first-order chi connectivity index (χ1) is 16.3. The fraction of sp³-hybridized carbons (Fsp3) is 0.160. The third-order valence-electron chi connectivity index (χ3n) is 5.20. The number of carbonyl (C=O) groups excluding carboxylic acids is 1. The Morgan fingerprint density at radius 2 is 1.68 bits per heavy atom. The summed E-state index contributed by atoms with van der Waals surface area (Å²) in [5, 5.41) is 3.04. The van der Waals surface area contributed by atoms with Gasteiger partial charge in [-0.25, -0.2) is 4.98 Å². The van der Waals surface area contributed by atoms with E-state index in [0.717, 1.165) is 23.4 Å². The number of hydrogen-bond donors (Lipinski definition) is 1. The Bertz CT molecular complexity index is 1420. The number of hydrogen-bond acceptors (Lipinski definition) is 4. The predicted octanol–water partition coefficient (Wildman–Crippen LogP) is 5.70. The van der Waals surface area contributed by atoms with Crippen LogP contribution >= 0.6 is 11.8 Å². The van der Waals surface area contributed by atoms with Crippen molar-refractivity contribution in [3.63, 3.8) is 0 Å². The minimum absolute atomic E-state index is 0.231. The van der Waals surface area contributed by atoms with Gasteiger partial charge in [0, 0.05) is 0 Å². The van der Waals surface area contributed by atoms with Crippen LogP contribution in [0.2, 0.25) is 0 Å². The van der Waals surface area contributed by atoms with Crippen LogP contribution in [0.3, 0.4) is 0 Å². The maximum atomic E-state index is 13.4. The normalized spacial score (nSPS) is 11.5. The molecule has 0 radical (unpaired) electrons. The van der Waals surface area contributed by atoms with E-state index >= 15 is 0 Å². The Kier molecular flexibility index (Phi) is 6.74. The van der Waals surface area contributed by atoms with Gasteiger partial charge in [0.15, 0.2) is 5.16 Å². The van der Waals surface area contributed by atoms with Crippen molar-refractivity contribution in [1.29, 1.82) is 0 Å². The van der Waals surface area contributed by atoms with E-state index in [-0.39, 0.29) is 22.2 Å². The van der Waals surface area contributed by atoms with Gasteiger partial charge in [-0.1, -0.05) is 61.2 Å². The minimum Gasteiger partial charge on any atom is -0.325 e. The smallest absolute Gasteiger partial charge is 0.325 e. The highest BCUT2D eigenvalue weighted by atomic mass is 32.2. The molecule has 0 fully saturated rings. The summed E-state index contributed by atoms with van der Waals surface area (Å²) in [5.74, 6) is -0.870. The van der Waals surface area contributed by atoms with Crippen molar-refractivity contribution in [1.82, 2.24) is 9.55 Å². The Balaban J connectivity index is 1.69. The first kappa shape index (κ1) is 23.6. The molecule has 0 bridgehead atoms. The Morgan fingerprint density at radius 1 is 1.00 bits per heavy atom. The van der Waals surface area contributed by atoms with Crippen LogP contribution in [0, 0.1) is 0 Å². The molecule has 0 spiro atoms. The van der Waals surface area contributed by atoms with Gasteiger partial charge < -0.3 is 5.32 Å². The Labute approximate surface area is 197 Å². The number of thioether (sulfide) groups is 1. The third kappa shape index (κ3) is 4.84. The molecular weight excluding hydrogens is 463 g/mol. The van der Waals surface area contributed by atoms with Gasteiger partial charge in [0.25, 0.3) is 5.56 Å². The summed E-state index contributed by atoms with van der Waals surface area (Å²) in [6.07, 6.45) is -3.92.